The van der Waals surface area contributed by atoms with Crippen molar-refractivity contribution in [2.45, 2.75) is 97.2 Å². The summed E-state index contributed by atoms with van der Waals surface area (Å²) >= 11 is 0. The van der Waals surface area contributed by atoms with Gasteiger partial charge in [0.2, 0.25) is 0 Å². The summed E-state index contributed by atoms with van der Waals surface area (Å²) in [6.45, 7) is 5.31. The quantitative estimate of drug-likeness (QED) is 0.500. The number of hydrogen-bond acceptors (Lipinski definition) is 2. The van der Waals surface area contributed by atoms with Crippen LogP contribution < -0.4 is 0 Å². The third-order valence-corrected chi connectivity index (χ3v) is 9.69. The molecule has 5 unspecified atom stereocenters. The van der Waals surface area contributed by atoms with Crippen LogP contribution in [0.25, 0.3) is 0 Å². The summed E-state index contributed by atoms with van der Waals surface area (Å²) in [5.41, 5.74) is 1.21. The van der Waals surface area contributed by atoms with Crippen molar-refractivity contribution >= 4 is 0 Å². The number of rotatable bonds is 4. The van der Waals surface area contributed by atoms with Crippen molar-refractivity contribution in [2.24, 2.45) is 40.4 Å². The second-order valence-corrected chi connectivity index (χ2v) is 10.6. The molecule has 0 bridgehead atoms. The predicted molar refractivity (Wildman–Crippen MR) is 106 cm³/mol. The van der Waals surface area contributed by atoms with Crippen LogP contribution in [0, 0.1) is 40.4 Å². The van der Waals surface area contributed by atoms with Crippen LogP contribution in [0.3, 0.4) is 0 Å². The van der Waals surface area contributed by atoms with E-state index < -0.39 is 6.29 Å². The van der Waals surface area contributed by atoms with Gasteiger partial charge in [-0.3, -0.25) is 0 Å². The highest BCUT2D eigenvalue weighted by atomic mass is 16.5. The average Bonchev–Trinajstić information content (AvgIpc) is 3.02. The van der Waals surface area contributed by atoms with E-state index in [9.17, 15) is 0 Å². The Bertz CT molecular complexity index is 526. The van der Waals surface area contributed by atoms with Crippen LogP contribution in [0.1, 0.15) is 90.9 Å². The molecular formula is C24H40O2. The molecule has 0 aliphatic heterocycles. The van der Waals surface area contributed by atoms with E-state index in [0.717, 1.165) is 36.0 Å². The van der Waals surface area contributed by atoms with E-state index in [1.807, 2.05) is 0 Å². The Kier molecular flexibility index (Phi) is 5.29. The van der Waals surface area contributed by atoms with Gasteiger partial charge in [-0.1, -0.05) is 38.8 Å². The molecule has 26 heavy (non-hydrogen) atoms. The Balaban J connectivity index is 1.45. The van der Waals surface area contributed by atoms with Gasteiger partial charge in [-0.05, 0) is 98.2 Å². The maximum absolute atomic E-state index is 9.02. The molecule has 0 spiro atoms. The van der Waals surface area contributed by atoms with Gasteiger partial charge in [-0.15, -0.1) is 0 Å². The van der Waals surface area contributed by atoms with E-state index in [-0.39, 0.29) is 0 Å². The largest absolute Gasteiger partial charge is 0.368 e. The van der Waals surface area contributed by atoms with Crippen LogP contribution in [0.2, 0.25) is 0 Å². The zero-order valence-corrected chi connectivity index (χ0v) is 17.0. The van der Waals surface area contributed by atoms with Crippen molar-refractivity contribution in [3.05, 3.63) is 12.2 Å². The topological polar surface area (TPSA) is 40.5 Å². The van der Waals surface area contributed by atoms with Crippen molar-refractivity contribution in [1.29, 1.82) is 0 Å². The monoisotopic (exact) mass is 360 g/mol. The second kappa shape index (κ2) is 7.24. The molecule has 4 aliphatic rings. The molecule has 0 saturated heterocycles. The maximum Gasteiger partial charge on any atom is 0.151 e. The molecule has 0 aromatic heterocycles. The minimum Gasteiger partial charge on any atom is -0.368 e. The van der Waals surface area contributed by atoms with Crippen LogP contribution in [0.15, 0.2) is 12.2 Å². The summed E-state index contributed by atoms with van der Waals surface area (Å²) in [4.78, 5) is 0. The smallest absolute Gasteiger partial charge is 0.151 e. The fourth-order valence-electron chi connectivity index (χ4n) is 8.06. The Morgan fingerprint density at radius 3 is 2.46 bits per heavy atom. The lowest BCUT2D eigenvalue weighted by Crippen LogP contribution is -2.55. The maximum atomic E-state index is 9.02. The minimum absolute atomic E-state index is 0.471. The first kappa shape index (κ1) is 19.0. The molecule has 4 fully saturated rings. The predicted octanol–water partition coefficient (Wildman–Crippen LogP) is 5.68. The number of hydrogen-bond donors (Lipinski definition) is 2. The fourth-order valence-corrected chi connectivity index (χ4v) is 8.06. The van der Waals surface area contributed by atoms with E-state index in [2.05, 4.69) is 26.0 Å². The molecule has 0 aromatic carbocycles. The van der Waals surface area contributed by atoms with Crippen LogP contribution in [0.4, 0.5) is 0 Å². The van der Waals surface area contributed by atoms with Crippen LogP contribution >= 0.6 is 0 Å². The van der Waals surface area contributed by atoms with Crippen molar-refractivity contribution in [3.8, 4) is 0 Å². The number of allylic oxidation sites excluding steroid dienone is 2. The molecule has 0 heterocycles. The summed E-state index contributed by atoms with van der Waals surface area (Å²) < 4.78 is 0. The Morgan fingerprint density at radius 2 is 1.65 bits per heavy atom. The van der Waals surface area contributed by atoms with Gasteiger partial charge in [0.15, 0.2) is 6.29 Å². The summed E-state index contributed by atoms with van der Waals surface area (Å²) in [5, 5.41) is 18.0. The summed E-state index contributed by atoms with van der Waals surface area (Å²) in [7, 11) is 0. The lowest BCUT2D eigenvalue weighted by Gasteiger charge is -2.63. The highest BCUT2D eigenvalue weighted by molar-refractivity contribution is 5.10. The highest BCUT2D eigenvalue weighted by Crippen LogP contribution is 2.68. The van der Waals surface area contributed by atoms with Gasteiger partial charge in [0.25, 0.3) is 0 Å². The molecular weight excluding hydrogens is 320 g/mol. The van der Waals surface area contributed by atoms with E-state index in [0.29, 0.717) is 17.3 Å². The van der Waals surface area contributed by atoms with E-state index in [4.69, 9.17) is 10.2 Å². The number of fused-ring (bicyclic) bond motifs is 5. The molecule has 0 radical (unpaired) electrons. The molecule has 0 amide bonds. The zero-order chi connectivity index (χ0) is 18.4. The lowest BCUT2D eigenvalue weighted by atomic mass is 9.42. The molecule has 0 aromatic rings. The molecule has 148 valence electrons. The first-order chi connectivity index (χ1) is 12.4. The molecule has 7 atom stereocenters. The number of aliphatic hydroxyl groups excluding tert-OH is 1. The molecule has 4 rings (SSSR count). The Labute approximate surface area is 160 Å². The third kappa shape index (κ3) is 3.09. The lowest BCUT2D eigenvalue weighted by molar-refractivity contribution is -0.136. The fraction of sp³-hybridized carbons (Fsp3) is 0.917. The standard InChI is InChI=1S/C24H40O2/c1-23-14-5-6-15-24(23,2)21-12-11-18-17(7-3-4-8-22(25)26)9-10-19(18)20(21)13-16-23/h3,7,17-22,25-26H,4-6,8-16H2,1-2H3/b7-3-/t17?,18-,19?,20?,21?,23-,24?/m0/s1. The average molecular weight is 361 g/mol. The molecule has 4 aliphatic carbocycles. The van der Waals surface area contributed by atoms with Gasteiger partial charge in [0.1, 0.15) is 0 Å². The van der Waals surface area contributed by atoms with E-state index in [1.54, 1.807) is 0 Å². The minimum atomic E-state index is -1.15. The van der Waals surface area contributed by atoms with Gasteiger partial charge in [0.05, 0.1) is 0 Å². The van der Waals surface area contributed by atoms with Crippen molar-refractivity contribution in [3.63, 3.8) is 0 Å². The van der Waals surface area contributed by atoms with Crippen molar-refractivity contribution < 1.29 is 10.2 Å². The van der Waals surface area contributed by atoms with E-state index in [1.165, 1.54) is 64.2 Å². The van der Waals surface area contributed by atoms with Gasteiger partial charge < -0.3 is 10.2 Å². The molecule has 2 nitrogen and oxygen atoms in total. The summed E-state index contributed by atoms with van der Waals surface area (Å²) in [5.74, 6) is 4.60. The van der Waals surface area contributed by atoms with Gasteiger partial charge >= 0.3 is 0 Å². The first-order valence-electron chi connectivity index (χ1n) is 11.5. The number of aliphatic hydroxyl groups is 2. The normalized spacial score (nSPS) is 48.4. The summed E-state index contributed by atoms with van der Waals surface area (Å²) in [6, 6.07) is 0. The third-order valence-electron chi connectivity index (χ3n) is 9.69. The first-order valence-corrected chi connectivity index (χ1v) is 11.5. The van der Waals surface area contributed by atoms with Crippen LogP contribution in [0.5, 0.6) is 0 Å². The van der Waals surface area contributed by atoms with Crippen molar-refractivity contribution in [2.75, 3.05) is 0 Å². The molecule has 4 saturated carbocycles. The zero-order valence-electron chi connectivity index (χ0n) is 17.0. The van der Waals surface area contributed by atoms with Crippen molar-refractivity contribution in [1.82, 2.24) is 0 Å². The van der Waals surface area contributed by atoms with E-state index >= 15 is 0 Å². The van der Waals surface area contributed by atoms with Gasteiger partial charge in [-0.25, -0.2) is 0 Å². The highest BCUT2D eigenvalue weighted by Gasteiger charge is 2.59. The van der Waals surface area contributed by atoms with Crippen LogP contribution in [-0.4, -0.2) is 16.5 Å². The SMILES string of the molecule is CC12CCCC[C@@]1(C)CCC1C3CCC(/C=C\CCC(O)O)[C@@H]3CCC12. The Hall–Kier alpha value is -0.340. The van der Waals surface area contributed by atoms with Gasteiger partial charge in [-0.2, -0.15) is 0 Å². The molecule has 2 heteroatoms. The van der Waals surface area contributed by atoms with Crippen LogP contribution in [-0.2, 0) is 0 Å². The molecule has 2 N–H and O–H groups in total. The van der Waals surface area contributed by atoms with Gasteiger partial charge in [0, 0.05) is 6.42 Å². The Morgan fingerprint density at radius 1 is 0.885 bits per heavy atom. The second-order valence-electron chi connectivity index (χ2n) is 10.6. The summed E-state index contributed by atoms with van der Waals surface area (Å²) in [6.07, 6.45) is 19.3.